The van der Waals surface area contributed by atoms with E-state index >= 15 is 0 Å². The Kier molecular flexibility index (Phi) is 28.7. The van der Waals surface area contributed by atoms with Crippen molar-refractivity contribution in [1.82, 2.24) is 0 Å². The quantitative estimate of drug-likeness (QED) is 0.0641. The van der Waals surface area contributed by atoms with Crippen molar-refractivity contribution in [3.63, 3.8) is 0 Å². The fraction of sp³-hybridized carbons (Fsp3) is 0.944. The topological polar surface area (TPSA) is 52.6 Å². The van der Waals surface area contributed by atoms with Gasteiger partial charge in [-0.15, -0.1) is 0 Å². The maximum Gasteiger partial charge on any atom is 0.305 e. The van der Waals surface area contributed by atoms with Crippen LogP contribution in [0.1, 0.15) is 189 Å². The molecule has 0 saturated carbocycles. The average Bonchev–Trinajstić information content (AvgIpc) is 2.96. The van der Waals surface area contributed by atoms with Gasteiger partial charge in [-0.1, -0.05) is 150 Å². The van der Waals surface area contributed by atoms with Crippen LogP contribution in [0, 0.1) is 17.8 Å². The first-order valence-electron chi connectivity index (χ1n) is 17.8. The molecule has 0 aromatic carbocycles. The van der Waals surface area contributed by atoms with E-state index in [4.69, 9.17) is 9.47 Å². The number of rotatable bonds is 30. The van der Waals surface area contributed by atoms with Gasteiger partial charge in [0.05, 0.1) is 13.2 Å². The standard InChI is InChI=1S/C36H70O4/c1-6-10-25-33(8-3)30-39-35(37)27-23-21-19-17-15-13-12-14-16-18-20-22-24-32(5)28-29-36(38)40-31-34(9-4)26-11-7-2/h32-34H,6-31H2,1-5H3. The Labute approximate surface area is 250 Å². The summed E-state index contributed by atoms with van der Waals surface area (Å²) >= 11 is 0. The molecule has 0 heterocycles. The Morgan fingerprint density at radius 3 is 1.30 bits per heavy atom. The van der Waals surface area contributed by atoms with Crippen LogP contribution < -0.4 is 0 Å². The van der Waals surface area contributed by atoms with Crippen LogP contribution >= 0.6 is 0 Å². The van der Waals surface area contributed by atoms with Gasteiger partial charge < -0.3 is 9.47 Å². The highest BCUT2D eigenvalue weighted by molar-refractivity contribution is 5.69. The summed E-state index contributed by atoms with van der Waals surface area (Å²) in [6, 6.07) is 0. The highest BCUT2D eigenvalue weighted by Crippen LogP contribution is 2.19. The minimum atomic E-state index is 0.0000784. The van der Waals surface area contributed by atoms with Gasteiger partial charge >= 0.3 is 11.9 Å². The molecule has 0 amide bonds. The fourth-order valence-electron chi connectivity index (χ4n) is 5.40. The van der Waals surface area contributed by atoms with Crippen molar-refractivity contribution in [3.8, 4) is 0 Å². The van der Waals surface area contributed by atoms with Crippen molar-refractivity contribution in [1.29, 1.82) is 0 Å². The Morgan fingerprint density at radius 1 is 0.475 bits per heavy atom. The summed E-state index contributed by atoms with van der Waals surface area (Å²) in [6.45, 7) is 12.3. The number of esters is 2. The predicted molar refractivity (Wildman–Crippen MR) is 172 cm³/mol. The highest BCUT2D eigenvalue weighted by atomic mass is 16.5. The molecule has 40 heavy (non-hydrogen) atoms. The summed E-state index contributed by atoms with van der Waals surface area (Å²) in [5, 5.41) is 0. The van der Waals surface area contributed by atoms with E-state index in [1.54, 1.807) is 0 Å². The van der Waals surface area contributed by atoms with Gasteiger partial charge in [-0.25, -0.2) is 0 Å². The molecule has 0 bridgehead atoms. The number of hydrogen-bond acceptors (Lipinski definition) is 4. The van der Waals surface area contributed by atoms with Gasteiger partial charge in [0.1, 0.15) is 0 Å². The second-order valence-electron chi connectivity index (χ2n) is 12.6. The van der Waals surface area contributed by atoms with E-state index in [1.165, 1.54) is 109 Å². The van der Waals surface area contributed by atoms with Gasteiger partial charge in [0.15, 0.2) is 0 Å². The molecule has 4 nitrogen and oxygen atoms in total. The molecule has 238 valence electrons. The molecule has 0 fully saturated rings. The summed E-state index contributed by atoms with van der Waals surface area (Å²) in [4.78, 5) is 24.1. The number of ether oxygens (including phenoxy) is 2. The number of unbranched alkanes of at least 4 members (excludes halogenated alkanes) is 13. The van der Waals surface area contributed by atoms with Gasteiger partial charge in [0.25, 0.3) is 0 Å². The smallest absolute Gasteiger partial charge is 0.305 e. The highest BCUT2D eigenvalue weighted by Gasteiger charge is 2.12. The molecule has 0 aliphatic heterocycles. The first-order valence-corrected chi connectivity index (χ1v) is 17.8. The molecular weight excluding hydrogens is 496 g/mol. The van der Waals surface area contributed by atoms with Crippen molar-refractivity contribution in [2.45, 2.75) is 189 Å². The second-order valence-corrected chi connectivity index (χ2v) is 12.6. The number of carbonyl (C=O) groups excluding carboxylic acids is 2. The minimum Gasteiger partial charge on any atom is -0.465 e. The monoisotopic (exact) mass is 567 g/mol. The molecular formula is C36H70O4. The number of hydrogen-bond donors (Lipinski definition) is 0. The third-order valence-corrected chi connectivity index (χ3v) is 8.72. The van der Waals surface area contributed by atoms with E-state index in [1.807, 2.05) is 0 Å². The van der Waals surface area contributed by atoms with Crippen LogP contribution in [-0.2, 0) is 19.1 Å². The van der Waals surface area contributed by atoms with Crippen molar-refractivity contribution in [2.24, 2.45) is 17.8 Å². The lowest BCUT2D eigenvalue weighted by atomic mass is 9.97. The van der Waals surface area contributed by atoms with E-state index in [0.29, 0.717) is 43.8 Å². The first kappa shape index (κ1) is 38.9. The minimum absolute atomic E-state index is 0.0000784. The molecule has 3 atom stereocenters. The zero-order valence-corrected chi connectivity index (χ0v) is 27.7. The Morgan fingerprint density at radius 2 is 0.875 bits per heavy atom. The van der Waals surface area contributed by atoms with Gasteiger partial charge in [-0.05, 0) is 43.4 Å². The third-order valence-electron chi connectivity index (χ3n) is 8.72. The van der Waals surface area contributed by atoms with Crippen molar-refractivity contribution in [3.05, 3.63) is 0 Å². The molecule has 4 heteroatoms. The van der Waals surface area contributed by atoms with E-state index in [2.05, 4.69) is 34.6 Å². The van der Waals surface area contributed by atoms with Crippen LogP contribution in [0.15, 0.2) is 0 Å². The number of carbonyl (C=O) groups is 2. The van der Waals surface area contributed by atoms with Gasteiger partial charge in [-0.3, -0.25) is 9.59 Å². The van der Waals surface area contributed by atoms with Gasteiger partial charge in [0.2, 0.25) is 0 Å². The van der Waals surface area contributed by atoms with Crippen molar-refractivity contribution in [2.75, 3.05) is 13.2 Å². The lowest BCUT2D eigenvalue weighted by Crippen LogP contribution is -2.14. The van der Waals surface area contributed by atoms with Gasteiger partial charge in [-0.2, -0.15) is 0 Å². The van der Waals surface area contributed by atoms with Crippen LogP contribution in [0.4, 0.5) is 0 Å². The normalized spacial score (nSPS) is 13.6. The maximum atomic E-state index is 12.1. The summed E-state index contributed by atoms with van der Waals surface area (Å²) in [5.41, 5.74) is 0. The summed E-state index contributed by atoms with van der Waals surface area (Å²) in [6.07, 6.45) is 28.2. The van der Waals surface area contributed by atoms with E-state index in [0.717, 1.165) is 32.1 Å². The van der Waals surface area contributed by atoms with Crippen LogP contribution in [0.3, 0.4) is 0 Å². The van der Waals surface area contributed by atoms with Gasteiger partial charge in [0, 0.05) is 12.8 Å². The lowest BCUT2D eigenvalue weighted by molar-refractivity contribution is -0.146. The van der Waals surface area contributed by atoms with Crippen LogP contribution in [0.5, 0.6) is 0 Å². The molecule has 0 radical (unpaired) electrons. The van der Waals surface area contributed by atoms with E-state index < -0.39 is 0 Å². The van der Waals surface area contributed by atoms with E-state index in [9.17, 15) is 9.59 Å². The summed E-state index contributed by atoms with van der Waals surface area (Å²) in [5.74, 6) is 1.70. The molecule has 0 rings (SSSR count). The molecule has 0 aliphatic rings. The van der Waals surface area contributed by atoms with E-state index in [-0.39, 0.29) is 11.9 Å². The summed E-state index contributed by atoms with van der Waals surface area (Å²) < 4.78 is 11.0. The average molecular weight is 567 g/mol. The fourth-order valence-corrected chi connectivity index (χ4v) is 5.40. The zero-order chi connectivity index (χ0) is 29.7. The third kappa shape index (κ3) is 25.9. The molecule has 0 spiro atoms. The molecule has 3 unspecified atom stereocenters. The van der Waals surface area contributed by atoms with Crippen molar-refractivity contribution >= 4 is 11.9 Å². The first-order chi connectivity index (χ1) is 19.5. The van der Waals surface area contributed by atoms with Crippen molar-refractivity contribution < 1.29 is 19.1 Å². The summed E-state index contributed by atoms with van der Waals surface area (Å²) in [7, 11) is 0. The van der Waals surface area contributed by atoms with Crippen LogP contribution in [-0.4, -0.2) is 25.2 Å². The SMILES string of the molecule is CCCCC(CC)COC(=O)CCCCCCCCCCCCCCC(C)CCC(=O)OCC(CC)CCCC. The molecule has 0 aliphatic carbocycles. The zero-order valence-electron chi connectivity index (χ0n) is 27.7. The molecule has 0 aromatic heterocycles. The largest absolute Gasteiger partial charge is 0.465 e. The van der Waals surface area contributed by atoms with Crippen LogP contribution in [0.25, 0.3) is 0 Å². The van der Waals surface area contributed by atoms with Crippen LogP contribution in [0.2, 0.25) is 0 Å². The molecule has 0 saturated heterocycles. The second kappa shape index (κ2) is 29.4. The Hall–Kier alpha value is -1.06. The Bertz CT molecular complexity index is 561. The lowest BCUT2D eigenvalue weighted by Gasteiger charge is -2.15. The Balaban J connectivity index is 3.46. The predicted octanol–water partition coefficient (Wildman–Crippen LogP) is 11.4. The maximum absolute atomic E-state index is 12.1. The molecule has 0 N–H and O–H groups in total. The molecule has 0 aromatic rings.